The van der Waals surface area contributed by atoms with Crippen LogP contribution in [0, 0.1) is 12.8 Å². The minimum absolute atomic E-state index is 0. The molecule has 1 heterocycles. The fourth-order valence-electron chi connectivity index (χ4n) is 2.95. The van der Waals surface area contributed by atoms with Gasteiger partial charge in [-0.15, -0.1) is 24.8 Å². The molecule has 1 fully saturated rings. The summed E-state index contributed by atoms with van der Waals surface area (Å²) in [5, 5.41) is 3.11. The fraction of sp³-hybridized carbons (Fsp3) is 0.625. The zero-order chi connectivity index (χ0) is 14.4. The van der Waals surface area contributed by atoms with Crippen molar-refractivity contribution in [3.63, 3.8) is 0 Å². The lowest BCUT2D eigenvalue weighted by Crippen LogP contribution is -2.46. The standard InChI is InChI=1S/C16H25N3O.2ClH/c1-12-7-8-13(11-18-12)9-16(20)19-15(10-17)14-5-3-2-4-6-14;;/h7-8,11,14-15H,2-6,9-10,17H2,1H3,(H,19,20);2*1H. The molecule has 2 rings (SSSR count). The first-order valence-corrected chi connectivity index (χ1v) is 7.60. The number of nitrogens with two attached hydrogens (primary N) is 1. The van der Waals surface area contributed by atoms with Gasteiger partial charge in [0.2, 0.25) is 5.91 Å². The van der Waals surface area contributed by atoms with Crippen LogP contribution < -0.4 is 11.1 Å². The van der Waals surface area contributed by atoms with E-state index in [4.69, 9.17) is 5.73 Å². The molecule has 4 nitrogen and oxygen atoms in total. The molecule has 3 N–H and O–H groups in total. The number of carbonyl (C=O) groups is 1. The molecule has 1 atom stereocenters. The van der Waals surface area contributed by atoms with Crippen molar-refractivity contribution < 1.29 is 4.79 Å². The Bertz CT molecular complexity index is 434. The van der Waals surface area contributed by atoms with E-state index in [1.807, 2.05) is 19.1 Å². The summed E-state index contributed by atoms with van der Waals surface area (Å²) in [5.74, 6) is 0.602. The van der Waals surface area contributed by atoms with E-state index in [0.29, 0.717) is 18.9 Å². The average molecular weight is 348 g/mol. The second kappa shape index (κ2) is 10.8. The van der Waals surface area contributed by atoms with Crippen LogP contribution in [0.4, 0.5) is 0 Å². The lowest BCUT2D eigenvalue weighted by molar-refractivity contribution is -0.121. The van der Waals surface area contributed by atoms with Gasteiger partial charge in [-0.05, 0) is 37.3 Å². The topological polar surface area (TPSA) is 68.0 Å². The number of nitrogens with one attached hydrogen (secondary N) is 1. The number of halogens is 2. The van der Waals surface area contributed by atoms with Crippen molar-refractivity contribution in [2.45, 2.75) is 51.5 Å². The van der Waals surface area contributed by atoms with Crippen molar-refractivity contribution >= 4 is 30.7 Å². The van der Waals surface area contributed by atoms with Crippen molar-refractivity contribution in [1.29, 1.82) is 0 Å². The summed E-state index contributed by atoms with van der Waals surface area (Å²) in [6.07, 6.45) is 8.38. The SMILES string of the molecule is Cc1ccc(CC(=O)NC(CN)C2CCCCC2)cn1.Cl.Cl. The molecular formula is C16H27Cl2N3O. The fourth-order valence-corrected chi connectivity index (χ4v) is 2.95. The molecule has 0 bridgehead atoms. The van der Waals surface area contributed by atoms with Gasteiger partial charge >= 0.3 is 0 Å². The molecule has 0 radical (unpaired) electrons. The highest BCUT2D eigenvalue weighted by molar-refractivity contribution is 5.85. The number of pyridine rings is 1. The van der Waals surface area contributed by atoms with E-state index in [9.17, 15) is 4.79 Å². The Kier molecular flexibility index (Phi) is 10.4. The maximum Gasteiger partial charge on any atom is 0.224 e. The van der Waals surface area contributed by atoms with E-state index in [1.165, 1.54) is 32.1 Å². The Morgan fingerprint density at radius 2 is 2.00 bits per heavy atom. The number of nitrogens with zero attached hydrogens (tertiary/aromatic N) is 1. The van der Waals surface area contributed by atoms with Gasteiger partial charge in [0.05, 0.1) is 6.42 Å². The monoisotopic (exact) mass is 347 g/mol. The first-order chi connectivity index (χ1) is 9.69. The third-order valence-corrected chi connectivity index (χ3v) is 4.16. The number of rotatable bonds is 5. The highest BCUT2D eigenvalue weighted by Gasteiger charge is 2.23. The van der Waals surface area contributed by atoms with E-state index in [-0.39, 0.29) is 36.8 Å². The molecule has 6 heteroatoms. The Hall–Kier alpha value is -0.840. The highest BCUT2D eigenvalue weighted by Crippen LogP contribution is 2.26. The van der Waals surface area contributed by atoms with Crippen LogP contribution in [0.3, 0.4) is 0 Å². The molecular weight excluding hydrogens is 321 g/mol. The molecule has 1 aromatic rings. The van der Waals surface area contributed by atoms with Crippen LogP contribution in [0.5, 0.6) is 0 Å². The molecule has 126 valence electrons. The summed E-state index contributed by atoms with van der Waals surface area (Å²) in [5.41, 5.74) is 7.76. The molecule has 1 aliphatic carbocycles. The van der Waals surface area contributed by atoms with Crippen molar-refractivity contribution in [1.82, 2.24) is 10.3 Å². The smallest absolute Gasteiger partial charge is 0.224 e. The average Bonchev–Trinajstić information content (AvgIpc) is 2.48. The first kappa shape index (κ1) is 21.2. The highest BCUT2D eigenvalue weighted by atomic mass is 35.5. The van der Waals surface area contributed by atoms with Crippen molar-refractivity contribution in [3.8, 4) is 0 Å². The predicted octanol–water partition coefficient (Wildman–Crippen LogP) is 2.80. The van der Waals surface area contributed by atoms with Gasteiger partial charge in [0.1, 0.15) is 0 Å². The van der Waals surface area contributed by atoms with E-state index in [1.54, 1.807) is 6.20 Å². The third kappa shape index (κ3) is 6.51. The number of hydrogen-bond acceptors (Lipinski definition) is 3. The Morgan fingerprint density at radius 1 is 1.32 bits per heavy atom. The maximum absolute atomic E-state index is 12.1. The largest absolute Gasteiger partial charge is 0.352 e. The van der Waals surface area contributed by atoms with Crippen LogP contribution in [-0.4, -0.2) is 23.5 Å². The zero-order valence-electron chi connectivity index (χ0n) is 13.1. The minimum atomic E-state index is 0. The first-order valence-electron chi connectivity index (χ1n) is 7.60. The minimum Gasteiger partial charge on any atom is -0.352 e. The molecule has 22 heavy (non-hydrogen) atoms. The molecule has 1 amide bonds. The molecule has 1 aromatic heterocycles. The Morgan fingerprint density at radius 3 is 2.55 bits per heavy atom. The van der Waals surface area contributed by atoms with Crippen molar-refractivity contribution in [2.75, 3.05) is 6.54 Å². The number of aromatic nitrogens is 1. The molecule has 1 saturated carbocycles. The Balaban J connectivity index is 0.00000220. The summed E-state index contributed by atoms with van der Waals surface area (Å²) in [6.45, 7) is 2.47. The van der Waals surface area contributed by atoms with Crippen LogP contribution in [0.25, 0.3) is 0 Å². The summed E-state index contributed by atoms with van der Waals surface area (Å²) in [4.78, 5) is 16.3. The molecule has 1 aliphatic rings. The van der Waals surface area contributed by atoms with Gasteiger partial charge < -0.3 is 11.1 Å². The number of aryl methyl sites for hydroxylation is 1. The zero-order valence-corrected chi connectivity index (χ0v) is 14.7. The van der Waals surface area contributed by atoms with Gasteiger partial charge in [-0.25, -0.2) is 0 Å². The summed E-state index contributed by atoms with van der Waals surface area (Å²) in [7, 11) is 0. The van der Waals surface area contributed by atoms with Crippen molar-refractivity contribution in [2.24, 2.45) is 11.7 Å². The van der Waals surface area contributed by atoms with E-state index in [0.717, 1.165) is 11.3 Å². The number of amides is 1. The van der Waals surface area contributed by atoms with Gasteiger partial charge in [-0.2, -0.15) is 0 Å². The summed E-state index contributed by atoms with van der Waals surface area (Å²) < 4.78 is 0. The maximum atomic E-state index is 12.1. The van der Waals surface area contributed by atoms with Crippen molar-refractivity contribution in [3.05, 3.63) is 29.6 Å². The summed E-state index contributed by atoms with van der Waals surface area (Å²) in [6, 6.07) is 4.02. The lowest BCUT2D eigenvalue weighted by Gasteiger charge is -2.30. The lowest BCUT2D eigenvalue weighted by atomic mass is 9.84. The predicted molar refractivity (Wildman–Crippen MR) is 94.7 cm³/mol. The Labute approximate surface area is 145 Å². The molecule has 0 spiro atoms. The van der Waals surface area contributed by atoms with E-state index < -0.39 is 0 Å². The van der Waals surface area contributed by atoms with Crippen LogP contribution in [0.1, 0.15) is 43.4 Å². The second-order valence-electron chi connectivity index (χ2n) is 5.79. The number of hydrogen-bond donors (Lipinski definition) is 2. The van der Waals surface area contributed by atoms with Gasteiger partial charge in [0.15, 0.2) is 0 Å². The number of carbonyl (C=O) groups excluding carboxylic acids is 1. The van der Waals surface area contributed by atoms with Crippen LogP contribution in [0.15, 0.2) is 18.3 Å². The normalized spacial score (nSPS) is 16.1. The van der Waals surface area contributed by atoms with Crippen LogP contribution >= 0.6 is 24.8 Å². The van der Waals surface area contributed by atoms with Crippen LogP contribution in [-0.2, 0) is 11.2 Å². The van der Waals surface area contributed by atoms with Gasteiger partial charge in [-0.3, -0.25) is 9.78 Å². The van der Waals surface area contributed by atoms with Gasteiger partial charge in [-0.1, -0.05) is 25.3 Å². The molecule has 0 saturated heterocycles. The van der Waals surface area contributed by atoms with E-state index >= 15 is 0 Å². The molecule has 0 aliphatic heterocycles. The second-order valence-corrected chi connectivity index (χ2v) is 5.79. The quantitative estimate of drug-likeness (QED) is 0.860. The molecule has 0 aromatic carbocycles. The van der Waals surface area contributed by atoms with Gasteiger partial charge in [0, 0.05) is 24.5 Å². The van der Waals surface area contributed by atoms with E-state index in [2.05, 4.69) is 10.3 Å². The third-order valence-electron chi connectivity index (χ3n) is 4.16. The summed E-state index contributed by atoms with van der Waals surface area (Å²) >= 11 is 0. The van der Waals surface area contributed by atoms with Crippen LogP contribution in [0.2, 0.25) is 0 Å². The van der Waals surface area contributed by atoms with Gasteiger partial charge in [0.25, 0.3) is 0 Å². The molecule has 1 unspecified atom stereocenters.